The van der Waals surface area contributed by atoms with Crippen molar-refractivity contribution in [3.05, 3.63) is 102 Å². The molecular formula is C27H27N3O5. The monoisotopic (exact) mass is 473 g/mol. The van der Waals surface area contributed by atoms with Crippen molar-refractivity contribution in [2.75, 3.05) is 5.32 Å². The van der Waals surface area contributed by atoms with Crippen LogP contribution < -0.4 is 10.1 Å². The van der Waals surface area contributed by atoms with Crippen LogP contribution in [0, 0.1) is 6.92 Å². The van der Waals surface area contributed by atoms with Gasteiger partial charge in [0.25, 0.3) is 0 Å². The fourth-order valence-electron chi connectivity index (χ4n) is 3.19. The molecule has 8 heteroatoms. The molecule has 0 aliphatic rings. The van der Waals surface area contributed by atoms with Crippen LogP contribution >= 0.6 is 0 Å². The van der Waals surface area contributed by atoms with Gasteiger partial charge in [0.2, 0.25) is 5.95 Å². The maximum absolute atomic E-state index is 9.10. The van der Waals surface area contributed by atoms with E-state index in [-0.39, 0.29) is 0 Å². The minimum atomic E-state index is -1.82. The Balaban J connectivity index is 0.000000509. The lowest BCUT2D eigenvalue weighted by Gasteiger charge is -2.10. The molecule has 0 amide bonds. The van der Waals surface area contributed by atoms with Gasteiger partial charge in [0, 0.05) is 13.6 Å². The van der Waals surface area contributed by atoms with Gasteiger partial charge in [-0.15, -0.1) is 0 Å². The first kappa shape index (κ1) is 25.0. The fourth-order valence-corrected chi connectivity index (χ4v) is 3.19. The summed E-state index contributed by atoms with van der Waals surface area (Å²) in [7, 11) is 2.03. The Labute approximate surface area is 203 Å². The molecule has 0 bridgehead atoms. The van der Waals surface area contributed by atoms with Crippen LogP contribution in [-0.4, -0.2) is 31.7 Å². The minimum absolute atomic E-state index is 0.577. The highest BCUT2D eigenvalue weighted by atomic mass is 16.5. The highest BCUT2D eigenvalue weighted by molar-refractivity contribution is 6.27. The van der Waals surface area contributed by atoms with Gasteiger partial charge in [0.15, 0.2) is 0 Å². The van der Waals surface area contributed by atoms with Gasteiger partial charge >= 0.3 is 11.9 Å². The third-order valence-corrected chi connectivity index (χ3v) is 5.14. The zero-order valence-corrected chi connectivity index (χ0v) is 19.5. The Bertz CT molecular complexity index is 1240. The Kier molecular flexibility index (Phi) is 8.61. The topological polar surface area (TPSA) is 114 Å². The van der Waals surface area contributed by atoms with Crippen molar-refractivity contribution in [2.24, 2.45) is 7.05 Å². The zero-order valence-electron chi connectivity index (χ0n) is 19.5. The van der Waals surface area contributed by atoms with Crippen molar-refractivity contribution in [1.82, 2.24) is 9.55 Å². The van der Waals surface area contributed by atoms with Gasteiger partial charge in [-0.05, 0) is 35.7 Å². The van der Waals surface area contributed by atoms with Gasteiger partial charge in [-0.2, -0.15) is 0 Å². The van der Waals surface area contributed by atoms with E-state index in [0.717, 1.165) is 23.0 Å². The number of benzene rings is 3. The number of carboxylic acid groups (broad SMARTS) is 2. The van der Waals surface area contributed by atoms with Crippen LogP contribution in [0.25, 0.3) is 11.3 Å². The Hall–Kier alpha value is -4.59. The van der Waals surface area contributed by atoms with E-state index >= 15 is 0 Å². The molecule has 0 unspecified atom stereocenters. The molecule has 0 aliphatic carbocycles. The van der Waals surface area contributed by atoms with Crippen LogP contribution in [-0.2, 0) is 29.8 Å². The number of imidazole rings is 1. The van der Waals surface area contributed by atoms with Crippen LogP contribution in [0.4, 0.5) is 5.95 Å². The molecule has 3 aromatic carbocycles. The number of aromatic nitrogens is 2. The summed E-state index contributed by atoms with van der Waals surface area (Å²) < 4.78 is 7.94. The molecule has 4 aromatic rings. The number of carbonyl (C=O) groups is 2. The number of hydrogen-bond donors (Lipinski definition) is 3. The summed E-state index contributed by atoms with van der Waals surface area (Å²) in [5.74, 6) is -1.92. The molecule has 1 aromatic heterocycles. The molecular weight excluding hydrogens is 446 g/mol. The summed E-state index contributed by atoms with van der Waals surface area (Å²) in [5.41, 5.74) is 5.86. The molecule has 3 N–H and O–H groups in total. The highest BCUT2D eigenvalue weighted by Gasteiger charge is 2.08. The van der Waals surface area contributed by atoms with Crippen LogP contribution in [0.3, 0.4) is 0 Å². The van der Waals surface area contributed by atoms with Crippen LogP contribution in [0.1, 0.15) is 16.7 Å². The predicted octanol–water partition coefficient (Wildman–Crippen LogP) is 4.74. The SMILES string of the molecule is Cc1ccc(-c2cnc(NCc3ccc(OCc4ccccc4)cc3)n2C)cc1.O=C(O)C(=O)O. The number of ether oxygens (including phenoxy) is 1. The quantitative estimate of drug-likeness (QED) is 0.332. The molecule has 35 heavy (non-hydrogen) atoms. The smallest absolute Gasteiger partial charge is 0.414 e. The lowest BCUT2D eigenvalue weighted by Crippen LogP contribution is -2.09. The van der Waals surface area contributed by atoms with Gasteiger partial charge in [0.1, 0.15) is 12.4 Å². The number of rotatable bonds is 7. The molecule has 0 aliphatic heterocycles. The minimum Gasteiger partial charge on any atom is -0.489 e. The number of anilines is 1. The summed E-state index contributed by atoms with van der Waals surface area (Å²) in [6, 6.07) is 26.9. The first-order chi connectivity index (χ1) is 16.8. The van der Waals surface area contributed by atoms with Crippen molar-refractivity contribution in [3.8, 4) is 17.0 Å². The molecule has 0 spiro atoms. The first-order valence-electron chi connectivity index (χ1n) is 10.9. The average Bonchev–Trinajstić information content (AvgIpc) is 3.23. The number of carboxylic acids is 2. The van der Waals surface area contributed by atoms with E-state index in [4.69, 9.17) is 24.5 Å². The highest BCUT2D eigenvalue weighted by Crippen LogP contribution is 2.23. The first-order valence-corrected chi connectivity index (χ1v) is 10.9. The third-order valence-electron chi connectivity index (χ3n) is 5.14. The third kappa shape index (κ3) is 7.46. The van der Waals surface area contributed by atoms with E-state index in [1.54, 1.807) is 0 Å². The van der Waals surface area contributed by atoms with Gasteiger partial charge in [-0.1, -0.05) is 72.3 Å². The number of aliphatic carboxylic acids is 2. The summed E-state index contributed by atoms with van der Waals surface area (Å²) in [5, 5.41) is 18.2. The number of nitrogens with one attached hydrogen (secondary N) is 1. The molecule has 1 heterocycles. The van der Waals surface area contributed by atoms with E-state index < -0.39 is 11.9 Å². The van der Waals surface area contributed by atoms with Crippen LogP contribution in [0.5, 0.6) is 5.75 Å². The molecule has 0 saturated heterocycles. The summed E-state index contributed by atoms with van der Waals surface area (Å²) in [6.45, 7) is 3.38. The second-order valence-electron chi connectivity index (χ2n) is 7.77. The van der Waals surface area contributed by atoms with E-state index in [0.29, 0.717) is 13.2 Å². The van der Waals surface area contributed by atoms with Gasteiger partial charge in [-0.25, -0.2) is 14.6 Å². The van der Waals surface area contributed by atoms with Crippen molar-refractivity contribution >= 4 is 17.9 Å². The van der Waals surface area contributed by atoms with E-state index in [1.165, 1.54) is 16.7 Å². The molecule has 4 rings (SSSR count). The maximum atomic E-state index is 9.10. The lowest BCUT2D eigenvalue weighted by atomic mass is 10.1. The second-order valence-corrected chi connectivity index (χ2v) is 7.77. The Morgan fingerprint density at radius 1 is 0.886 bits per heavy atom. The van der Waals surface area contributed by atoms with Gasteiger partial charge in [0.05, 0.1) is 11.9 Å². The van der Waals surface area contributed by atoms with Crippen LogP contribution in [0.2, 0.25) is 0 Å². The number of hydrogen-bond acceptors (Lipinski definition) is 5. The van der Waals surface area contributed by atoms with E-state index in [2.05, 4.69) is 70.3 Å². The lowest BCUT2D eigenvalue weighted by molar-refractivity contribution is -0.159. The number of nitrogens with zero attached hydrogens (tertiary/aromatic N) is 2. The molecule has 8 nitrogen and oxygen atoms in total. The standard InChI is InChI=1S/C25H25N3O.C2H2O4/c1-19-8-12-22(13-9-19)24-17-27-25(28(24)2)26-16-20-10-14-23(15-11-20)29-18-21-6-4-3-5-7-21;3-1(4)2(5)6/h3-15,17H,16,18H2,1-2H3,(H,26,27);(H,3,4)(H,5,6). The van der Waals surface area contributed by atoms with Crippen molar-refractivity contribution in [3.63, 3.8) is 0 Å². The summed E-state index contributed by atoms with van der Waals surface area (Å²) in [6.07, 6.45) is 1.91. The predicted molar refractivity (Wildman–Crippen MR) is 133 cm³/mol. The van der Waals surface area contributed by atoms with E-state index in [1.807, 2.05) is 43.6 Å². The van der Waals surface area contributed by atoms with Gasteiger partial charge in [-0.3, -0.25) is 0 Å². The largest absolute Gasteiger partial charge is 0.489 e. The molecule has 0 saturated carbocycles. The second kappa shape index (κ2) is 12.0. The summed E-state index contributed by atoms with van der Waals surface area (Å²) in [4.78, 5) is 22.7. The van der Waals surface area contributed by atoms with E-state index in [9.17, 15) is 0 Å². The Morgan fingerprint density at radius 2 is 1.51 bits per heavy atom. The van der Waals surface area contributed by atoms with Crippen LogP contribution in [0.15, 0.2) is 85.1 Å². The molecule has 0 atom stereocenters. The molecule has 0 radical (unpaired) electrons. The summed E-state index contributed by atoms with van der Waals surface area (Å²) >= 11 is 0. The van der Waals surface area contributed by atoms with Crippen molar-refractivity contribution < 1.29 is 24.5 Å². The number of aryl methyl sites for hydroxylation is 1. The molecule has 180 valence electrons. The van der Waals surface area contributed by atoms with Crippen molar-refractivity contribution in [1.29, 1.82) is 0 Å². The molecule has 0 fully saturated rings. The average molecular weight is 474 g/mol. The van der Waals surface area contributed by atoms with Crippen molar-refractivity contribution in [2.45, 2.75) is 20.1 Å². The van der Waals surface area contributed by atoms with Gasteiger partial charge < -0.3 is 24.8 Å². The Morgan fingerprint density at radius 3 is 2.11 bits per heavy atom. The fraction of sp³-hybridized carbons (Fsp3) is 0.148. The normalized spacial score (nSPS) is 10.1. The maximum Gasteiger partial charge on any atom is 0.414 e. The zero-order chi connectivity index (χ0) is 25.2.